The Hall–Kier alpha value is -2.14. The molecule has 19 heavy (non-hydrogen) atoms. The molecule has 1 heterocycles. The third-order valence-corrected chi connectivity index (χ3v) is 2.73. The zero-order valence-electron chi connectivity index (χ0n) is 11.3. The third kappa shape index (κ3) is 3.00. The lowest BCUT2D eigenvalue weighted by atomic mass is 10.1. The lowest BCUT2D eigenvalue weighted by Crippen LogP contribution is -2.09. The molecule has 2 rings (SSSR count). The normalized spacial score (nSPS) is 10.3. The Labute approximate surface area is 112 Å². The van der Waals surface area contributed by atoms with Crippen LogP contribution in [0.5, 0.6) is 11.5 Å². The predicted molar refractivity (Wildman–Crippen MR) is 73.3 cm³/mol. The second-order valence-electron chi connectivity index (χ2n) is 3.95. The number of methoxy groups -OCH3 is 2. The SMILES string of the molecule is CNCc1nccc(-c2ccc(OC)cc2OC)n1. The molecule has 1 aromatic heterocycles. The molecule has 0 aliphatic carbocycles. The molecule has 0 unspecified atom stereocenters. The summed E-state index contributed by atoms with van der Waals surface area (Å²) in [5, 5.41) is 3.03. The van der Waals surface area contributed by atoms with Crippen molar-refractivity contribution < 1.29 is 9.47 Å². The Balaban J connectivity index is 2.43. The molecular formula is C14H17N3O2. The zero-order chi connectivity index (χ0) is 13.7. The van der Waals surface area contributed by atoms with Crippen LogP contribution in [0.1, 0.15) is 5.82 Å². The van der Waals surface area contributed by atoms with Crippen molar-refractivity contribution in [1.29, 1.82) is 0 Å². The summed E-state index contributed by atoms with van der Waals surface area (Å²) in [7, 11) is 5.13. The fourth-order valence-electron chi connectivity index (χ4n) is 1.80. The van der Waals surface area contributed by atoms with Gasteiger partial charge in [-0.15, -0.1) is 0 Å². The number of rotatable bonds is 5. The Kier molecular flexibility index (Phi) is 4.30. The van der Waals surface area contributed by atoms with Crippen molar-refractivity contribution in [2.75, 3.05) is 21.3 Å². The van der Waals surface area contributed by atoms with Gasteiger partial charge in [0.15, 0.2) is 0 Å². The Bertz CT molecular complexity index is 558. The van der Waals surface area contributed by atoms with Crippen LogP contribution in [0.25, 0.3) is 11.3 Å². The van der Waals surface area contributed by atoms with Gasteiger partial charge in [0.1, 0.15) is 17.3 Å². The maximum absolute atomic E-state index is 5.39. The summed E-state index contributed by atoms with van der Waals surface area (Å²) in [5.74, 6) is 2.23. The summed E-state index contributed by atoms with van der Waals surface area (Å²) < 4.78 is 10.6. The molecule has 0 aliphatic heterocycles. The van der Waals surface area contributed by atoms with Gasteiger partial charge in [-0.05, 0) is 25.2 Å². The average Bonchev–Trinajstić information content (AvgIpc) is 2.47. The molecule has 100 valence electrons. The van der Waals surface area contributed by atoms with Crippen LogP contribution in [-0.4, -0.2) is 31.2 Å². The molecule has 0 amide bonds. The van der Waals surface area contributed by atoms with E-state index in [1.54, 1.807) is 20.4 Å². The van der Waals surface area contributed by atoms with E-state index in [1.165, 1.54) is 0 Å². The van der Waals surface area contributed by atoms with Crippen molar-refractivity contribution in [3.8, 4) is 22.8 Å². The molecule has 1 N–H and O–H groups in total. The van der Waals surface area contributed by atoms with Gasteiger partial charge >= 0.3 is 0 Å². The van der Waals surface area contributed by atoms with Crippen LogP contribution in [-0.2, 0) is 6.54 Å². The number of hydrogen-bond acceptors (Lipinski definition) is 5. The molecule has 0 aliphatic rings. The van der Waals surface area contributed by atoms with Crippen LogP contribution in [0.15, 0.2) is 30.5 Å². The Morgan fingerprint density at radius 2 is 2.00 bits per heavy atom. The summed E-state index contributed by atoms with van der Waals surface area (Å²) in [6, 6.07) is 7.53. The van der Waals surface area contributed by atoms with Crippen LogP contribution < -0.4 is 14.8 Å². The van der Waals surface area contributed by atoms with Gasteiger partial charge in [0.25, 0.3) is 0 Å². The van der Waals surface area contributed by atoms with Gasteiger partial charge in [0.2, 0.25) is 0 Å². The van der Waals surface area contributed by atoms with E-state index in [0.717, 1.165) is 28.6 Å². The number of nitrogens with one attached hydrogen (secondary N) is 1. The molecule has 5 heteroatoms. The van der Waals surface area contributed by atoms with Crippen molar-refractivity contribution in [3.05, 3.63) is 36.3 Å². The number of benzene rings is 1. The van der Waals surface area contributed by atoms with E-state index in [-0.39, 0.29) is 0 Å². The summed E-state index contributed by atoms with van der Waals surface area (Å²) in [4.78, 5) is 8.71. The summed E-state index contributed by atoms with van der Waals surface area (Å²) in [5.41, 5.74) is 1.75. The van der Waals surface area contributed by atoms with Crippen molar-refractivity contribution in [1.82, 2.24) is 15.3 Å². The quantitative estimate of drug-likeness (QED) is 0.888. The smallest absolute Gasteiger partial charge is 0.142 e. The first-order valence-electron chi connectivity index (χ1n) is 5.97. The van der Waals surface area contributed by atoms with Crippen LogP contribution in [0.3, 0.4) is 0 Å². The monoisotopic (exact) mass is 259 g/mol. The second-order valence-corrected chi connectivity index (χ2v) is 3.95. The number of aromatic nitrogens is 2. The standard InChI is InChI=1S/C14H17N3O2/c1-15-9-14-16-7-6-12(17-14)11-5-4-10(18-2)8-13(11)19-3/h4-8,15H,9H2,1-3H3. The molecular weight excluding hydrogens is 242 g/mol. The highest BCUT2D eigenvalue weighted by Gasteiger charge is 2.09. The number of hydrogen-bond donors (Lipinski definition) is 1. The highest BCUT2D eigenvalue weighted by atomic mass is 16.5. The van der Waals surface area contributed by atoms with Crippen molar-refractivity contribution in [2.45, 2.75) is 6.54 Å². The zero-order valence-corrected chi connectivity index (χ0v) is 11.3. The molecule has 1 aromatic carbocycles. The first-order valence-corrected chi connectivity index (χ1v) is 5.97. The van der Waals surface area contributed by atoms with Gasteiger partial charge in [0, 0.05) is 17.8 Å². The fourth-order valence-corrected chi connectivity index (χ4v) is 1.80. The van der Waals surface area contributed by atoms with E-state index in [1.807, 2.05) is 31.3 Å². The Morgan fingerprint density at radius 1 is 1.16 bits per heavy atom. The maximum atomic E-state index is 5.39. The molecule has 5 nitrogen and oxygen atoms in total. The van der Waals surface area contributed by atoms with E-state index >= 15 is 0 Å². The van der Waals surface area contributed by atoms with Crippen LogP contribution in [0.4, 0.5) is 0 Å². The van der Waals surface area contributed by atoms with Crippen LogP contribution in [0.2, 0.25) is 0 Å². The molecule has 0 spiro atoms. The lowest BCUT2D eigenvalue weighted by Gasteiger charge is -2.10. The second kappa shape index (κ2) is 6.15. The number of ether oxygens (including phenoxy) is 2. The Morgan fingerprint density at radius 3 is 2.68 bits per heavy atom. The molecule has 0 bridgehead atoms. The highest BCUT2D eigenvalue weighted by Crippen LogP contribution is 2.31. The largest absolute Gasteiger partial charge is 0.497 e. The lowest BCUT2D eigenvalue weighted by molar-refractivity contribution is 0.395. The van der Waals surface area contributed by atoms with Gasteiger partial charge < -0.3 is 14.8 Å². The van der Waals surface area contributed by atoms with E-state index in [9.17, 15) is 0 Å². The maximum Gasteiger partial charge on any atom is 0.142 e. The highest BCUT2D eigenvalue weighted by molar-refractivity contribution is 5.68. The van der Waals surface area contributed by atoms with Gasteiger partial charge in [-0.2, -0.15) is 0 Å². The van der Waals surface area contributed by atoms with Crippen molar-refractivity contribution in [3.63, 3.8) is 0 Å². The van der Waals surface area contributed by atoms with Gasteiger partial charge in [-0.1, -0.05) is 0 Å². The first kappa shape index (κ1) is 13.3. The fraction of sp³-hybridized carbons (Fsp3) is 0.286. The van der Waals surface area contributed by atoms with Crippen molar-refractivity contribution in [2.24, 2.45) is 0 Å². The molecule has 0 saturated heterocycles. The van der Waals surface area contributed by atoms with Crippen LogP contribution in [0, 0.1) is 0 Å². The average molecular weight is 259 g/mol. The third-order valence-electron chi connectivity index (χ3n) is 2.73. The summed E-state index contributed by atoms with van der Waals surface area (Å²) in [6.45, 7) is 0.631. The summed E-state index contributed by atoms with van der Waals surface area (Å²) >= 11 is 0. The minimum absolute atomic E-state index is 0.631. The van der Waals surface area contributed by atoms with E-state index < -0.39 is 0 Å². The van der Waals surface area contributed by atoms with Gasteiger partial charge in [-0.25, -0.2) is 9.97 Å². The molecule has 2 aromatic rings. The van der Waals surface area contributed by atoms with Crippen LogP contribution >= 0.6 is 0 Å². The molecule has 0 radical (unpaired) electrons. The number of nitrogens with zero attached hydrogens (tertiary/aromatic N) is 2. The predicted octanol–water partition coefficient (Wildman–Crippen LogP) is 1.88. The van der Waals surface area contributed by atoms with Crippen molar-refractivity contribution >= 4 is 0 Å². The minimum Gasteiger partial charge on any atom is -0.497 e. The van der Waals surface area contributed by atoms with Gasteiger partial charge in [-0.3, -0.25) is 0 Å². The minimum atomic E-state index is 0.631. The molecule has 0 saturated carbocycles. The van der Waals surface area contributed by atoms with E-state index in [0.29, 0.717) is 6.54 Å². The molecule has 0 fully saturated rings. The van der Waals surface area contributed by atoms with E-state index in [4.69, 9.17) is 9.47 Å². The van der Waals surface area contributed by atoms with E-state index in [2.05, 4.69) is 15.3 Å². The first-order chi connectivity index (χ1) is 9.28. The summed E-state index contributed by atoms with van der Waals surface area (Å²) in [6.07, 6.45) is 1.75. The molecule has 0 atom stereocenters. The topological polar surface area (TPSA) is 56.3 Å². The van der Waals surface area contributed by atoms with Gasteiger partial charge in [0.05, 0.1) is 26.5 Å².